The molecule has 0 heterocycles. The van der Waals surface area contributed by atoms with Crippen LogP contribution in [0.25, 0.3) is 0 Å². The summed E-state index contributed by atoms with van der Waals surface area (Å²) in [6.07, 6.45) is 3.61. The Morgan fingerprint density at radius 2 is 2.00 bits per heavy atom. The van der Waals surface area contributed by atoms with Crippen molar-refractivity contribution in [1.82, 2.24) is 0 Å². The van der Waals surface area contributed by atoms with Crippen LogP contribution in [0.4, 0.5) is 0 Å². The summed E-state index contributed by atoms with van der Waals surface area (Å²) in [6.45, 7) is 4.60. The number of nitrogens with two attached hydrogens (primary N) is 1. The van der Waals surface area contributed by atoms with Crippen LogP contribution in [0.2, 0.25) is 0 Å². The highest BCUT2D eigenvalue weighted by atomic mass is 32.1. The van der Waals surface area contributed by atoms with Gasteiger partial charge in [-0.3, -0.25) is 0 Å². The lowest BCUT2D eigenvalue weighted by atomic mass is 9.80. The molecule has 0 saturated heterocycles. The average Bonchev–Trinajstić information content (AvgIpc) is 2.42. The highest BCUT2D eigenvalue weighted by molar-refractivity contribution is 7.80. The Morgan fingerprint density at radius 3 is 2.60 bits per heavy atom. The van der Waals surface area contributed by atoms with Gasteiger partial charge >= 0.3 is 0 Å². The van der Waals surface area contributed by atoms with Gasteiger partial charge < -0.3 is 15.2 Å². The molecule has 0 spiro atoms. The van der Waals surface area contributed by atoms with E-state index in [0.717, 1.165) is 35.8 Å². The molecule has 3 unspecified atom stereocenters. The first kappa shape index (κ1) is 15.1. The lowest BCUT2D eigenvalue weighted by Gasteiger charge is -2.32. The standard InChI is InChI=1S/C16H23NO2S/c1-10-4-5-13(8-11(10)2)19-15-9-12(18-3)6-7-14(15)16(17)20/h6-7,9-11,13H,4-5,8H2,1-3H3,(H2,17,20). The largest absolute Gasteiger partial charge is 0.497 e. The first-order chi connectivity index (χ1) is 9.51. The minimum absolute atomic E-state index is 0.237. The van der Waals surface area contributed by atoms with E-state index < -0.39 is 0 Å². The highest BCUT2D eigenvalue weighted by Crippen LogP contribution is 2.33. The molecule has 2 N–H and O–H groups in total. The molecule has 1 aliphatic rings. The van der Waals surface area contributed by atoms with Gasteiger partial charge in [0.2, 0.25) is 0 Å². The Balaban J connectivity index is 2.17. The predicted octanol–water partition coefficient (Wildman–Crippen LogP) is 3.53. The summed E-state index contributed by atoms with van der Waals surface area (Å²) in [4.78, 5) is 0.361. The highest BCUT2D eigenvalue weighted by Gasteiger charge is 2.26. The van der Waals surface area contributed by atoms with E-state index in [4.69, 9.17) is 27.4 Å². The van der Waals surface area contributed by atoms with Crippen LogP contribution in [0.5, 0.6) is 11.5 Å². The first-order valence-corrected chi connectivity index (χ1v) is 7.56. The fourth-order valence-electron chi connectivity index (χ4n) is 2.72. The quantitative estimate of drug-likeness (QED) is 0.863. The molecular formula is C16H23NO2S. The molecule has 20 heavy (non-hydrogen) atoms. The molecular weight excluding hydrogens is 270 g/mol. The molecule has 3 atom stereocenters. The van der Waals surface area contributed by atoms with E-state index in [0.29, 0.717) is 10.9 Å². The summed E-state index contributed by atoms with van der Waals surface area (Å²) in [5, 5.41) is 0. The molecule has 0 amide bonds. The second-order valence-corrected chi connectivity index (χ2v) is 6.17. The second kappa shape index (κ2) is 6.44. The molecule has 1 saturated carbocycles. The van der Waals surface area contributed by atoms with Gasteiger partial charge in [-0.1, -0.05) is 26.1 Å². The van der Waals surface area contributed by atoms with Crippen molar-refractivity contribution in [3.63, 3.8) is 0 Å². The smallest absolute Gasteiger partial charge is 0.133 e. The topological polar surface area (TPSA) is 44.5 Å². The number of hydrogen-bond donors (Lipinski definition) is 1. The monoisotopic (exact) mass is 293 g/mol. The molecule has 0 aromatic heterocycles. The summed E-state index contributed by atoms with van der Waals surface area (Å²) in [7, 11) is 1.64. The van der Waals surface area contributed by atoms with Gasteiger partial charge in [-0.15, -0.1) is 0 Å². The van der Waals surface area contributed by atoms with Crippen molar-refractivity contribution >= 4 is 17.2 Å². The first-order valence-electron chi connectivity index (χ1n) is 7.15. The van der Waals surface area contributed by atoms with Crippen LogP contribution < -0.4 is 15.2 Å². The van der Waals surface area contributed by atoms with E-state index in [1.165, 1.54) is 6.42 Å². The third-order valence-corrected chi connectivity index (χ3v) is 4.52. The Hall–Kier alpha value is -1.29. The van der Waals surface area contributed by atoms with Gasteiger partial charge in [-0.2, -0.15) is 0 Å². The summed E-state index contributed by atoms with van der Waals surface area (Å²) in [5.41, 5.74) is 6.56. The van der Waals surface area contributed by atoms with Crippen LogP contribution >= 0.6 is 12.2 Å². The molecule has 4 heteroatoms. The van der Waals surface area contributed by atoms with Crippen molar-refractivity contribution in [1.29, 1.82) is 0 Å². The maximum atomic E-state index is 6.16. The molecule has 1 fully saturated rings. The van der Waals surface area contributed by atoms with Gasteiger partial charge in [-0.05, 0) is 43.2 Å². The van der Waals surface area contributed by atoms with Crippen LogP contribution in [0.15, 0.2) is 18.2 Å². The van der Waals surface area contributed by atoms with Crippen LogP contribution in [-0.2, 0) is 0 Å². The lowest BCUT2D eigenvalue weighted by Crippen LogP contribution is -2.29. The van der Waals surface area contributed by atoms with E-state index in [-0.39, 0.29) is 6.10 Å². The number of rotatable bonds is 4. The zero-order valence-electron chi connectivity index (χ0n) is 12.4. The third-order valence-electron chi connectivity index (χ3n) is 4.30. The Morgan fingerprint density at radius 1 is 1.25 bits per heavy atom. The van der Waals surface area contributed by atoms with Crippen LogP contribution in [0, 0.1) is 11.8 Å². The SMILES string of the molecule is COc1ccc(C(N)=S)c(OC2CCC(C)C(C)C2)c1. The number of benzene rings is 1. The number of hydrogen-bond acceptors (Lipinski definition) is 3. The summed E-state index contributed by atoms with van der Waals surface area (Å²) in [6, 6.07) is 5.59. The van der Waals surface area contributed by atoms with Crippen molar-refractivity contribution in [2.24, 2.45) is 17.6 Å². The molecule has 0 aliphatic heterocycles. The zero-order chi connectivity index (χ0) is 14.7. The summed E-state index contributed by atoms with van der Waals surface area (Å²) < 4.78 is 11.4. The van der Waals surface area contributed by atoms with Gasteiger partial charge in [0.25, 0.3) is 0 Å². The maximum Gasteiger partial charge on any atom is 0.133 e. The molecule has 1 aromatic rings. The predicted molar refractivity (Wildman–Crippen MR) is 85.5 cm³/mol. The van der Waals surface area contributed by atoms with Crippen LogP contribution in [-0.4, -0.2) is 18.2 Å². The molecule has 0 radical (unpaired) electrons. The van der Waals surface area contributed by atoms with E-state index in [9.17, 15) is 0 Å². The summed E-state index contributed by atoms with van der Waals surface area (Å²) >= 11 is 5.10. The fourth-order valence-corrected chi connectivity index (χ4v) is 2.88. The molecule has 1 aromatic carbocycles. The minimum atomic E-state index is 0.237. The van der Waals surface area contributed by atoms with Crippen LogP contribution in [0.1, 0.15) is 38.7 Å². The van der Waals surface area contributed by atoms with Crippen molar-refractivity contribution in [2.75, 3.05) is 7.11 Å². The fraction of sp³-hybridized carbons (Fsp3) is 0.562. The Labute approximate surface area is 126 Å². The third kappa shape index (κ3) is 3.42. The summed E-state index contributed by atoms with van der Waals surface area (Å²) in [5.74, 6) is 2.96. The van der Waals surface area contributed by atoms with Crippen LogP contribution in [0.3, 0.4) is 0 Å². The molecule has 1 aliphatic carbocycles. The number of methoxy groups -OCH3 is 1. The molecule has 3 nitrogen and oxygen atoms in total. The normalized spacial score (nSPS) is 26.1. The van der Waals surface area contributed by atoms with E-state index >= 15 is 0 Å². The molecule has 2 rings (SSSR count). The zero-order valence-corrected chi connectivity index (χ0v) is 13.2. The van der Waals surface area contributed by atoms with Gasteiger partial charge in [0, 0.05) is 6.07 Å². The lowest BCUT2D eigenvalue weighted by molar-refractivity contribution is 0.100. The number of thiocarbonyl (C=S) groups is 1. The van der Waals surface area contributed by atoms with Gasteiger partial charge in [0.15, 0.2) is 0 Å². The molecule has 110 valence electrons. The van der Waals surface area contributed by atoms with E-state index in [1.54, 1.807) is 7.11 Å². The van der Waals surface area contributed by atoms with E-state index in [1.807, 2.05) is 18.2 Å². The second-order valence-electron chi connectivity index (χ2n) is 5.73. The average molecular weight is 293 g/mol. The van der Waals surface area contributed by atoms with Crippen molar-refractivity contribution in [2.45, 2.75) is 39.2 Å². The van der Waals surface area contributed by atoms with Crippen molar-refractivity contribution in [3.8, 4) is 11.5 Å². The van der Waals surface area contributed by atoms with Gasteiger partial charge in [0.1, 0.15) is 16.5 Å². The Bertz CT molecular complexity index is 489. The van der Waals surface area contributed by atoms with Gasteiger partial charge in [-0.25, -0.2) is 0 Å². The minimum Gasteiger partial charge on any atom is -0.497 e. The number of ether oxygens (including phenoxy) is 2. The van der Waals surface area contributed by atoms with E-state index in [2.05, 4.69) is 13.8 Å². The van der Waals surface area contributed by atoms with Crippen molar-refractivity contribution < 1.29 is 9.47 Å². The van der Waals surface area contributed by atoms with Gasteiger partial charge in [0.05, 0.1) is 18.8 Å². The van der Waals surface area contributed by atoms with Crippen molar-refractivity contribution in [3.05, 3.63) is 23.8 Å². The molecule has 0 bridgehead atoms. The Kier molecular flexibility index (Phi) is 4.86. The maximum absolute atomic E-state index is 6.16.